The number of carbonyl (C=O) groups excluding carboxylic acids is 2. The van der Waals surface area contributed by atoms with E-state index in [0.717, 1.165) is 69.6 Å². The topological polar surface area (TPSA) is 116 Å². The van der Waals surface area contributed by atoms with E-state index in [2.05, 4.69) is 30.4 Å². The van der Waals surface area contributed by atoms with Crippen molar-refractivity contribution in [1.82, 2.24) is 20.2 Å². The SMILES string of the molecule is NC1CCCCC1NC(=O)c1ccc(CN2CCN(c3ncccn3)CC2)c(NC(=O)c2cc(F)cc(F)c2)c1. The monoisotopic (exact) mass is 549 g/mol. The Morgan fingerprint density at radius 1 is 0.900 bits per heavy atom. The smallest absolute Gasteiger partial charge is 0.255 e. The first-order chi connectivity index (χ1) is 19.4. The average Bonchev–Trinajstić information content (AvgIpc) is 2.95. The molecule has 2 amide bonds. The Bertz CT molecular complexity index is 1330. The summed E-state index contributed by atoms with van der Waals surface area (Å²) in [4.78, 5) is 39.1. The molecule has 1 aliphatic carbocycles. The van der Waals surface area contributed by atoms with Crippen LogP contribution in [-0.2, 0) is 6.54 Å². The van der Waals surface area contributed by atoms with Crippen molar-refractivity contribution in [3.05, 3.63) is 83.2 Å². The quantitative estimate of drug-likeness (QED) is 0.414. The van der Waals surface area contributed by atoms with Gasteiger partial charge in [0.1, 0.15) is 11.6 Å². The van der Waals surface area contributed by atoms with Crippen LogP contribution in [0.3, 0.4) is 0 Å². The Kier molecular flexibility index (Phi) is 8.61. The van der Waals surface area contributed by atoms with Gasteiger partial charge in [0, 0.05) is 80.1 Å². The van der Waals surface area contributed by atoms with Gasteiger partial charge in [0.15, 0.2) is 0 Å². The fourth-order valence-electron chi connectivity index (χ4n) is 5.24. The number of nitrogens with one attached hydrogen (secondary N) is 2. The minimum absolute atomic E-state index is 0.0982. The van der Waals surface area contributed by atoms with Gasteiger partial charge in [0.25, 0.3) is 11.8 Å². The first-order valence-electron chi connectivity index (χ1n) is 13.6. The lowest BCUT2D eigenvalue weighted by molar-refractivity contribution is 0.0920. The highest BCUT2D eigenvalue weighted by Crippen LogP contribution is 2.24. The summed E-state index contributed by atoms with van der Waals surface area (Å²) >= 11 is 0. The molecular weight excluding hydrogens is 516 g/mol. The van der Waals surface area contributed by atoms with E-state index in [9.17, 15) is 18.4 Å². The molecule has 2 aliphatic rings. The molecule has 210 valence electrons. The van der Waals surface area contributed by atoms with Gasteiger partial charge in [-0.1, -0.05) is 18.9 Å². The van der Waals surface area contributed by atoms with Crippen molar-refractivity contribution in [3.8, 4) is 0 Å². The van der Waals surface area contributed by atoms with E-state index < -0.39 is 17.5 Å². The molecule has 2 heterocycles. The maximum atomic E-state index is 13.8. The van der Waals surface area contributed by atoms with Gasteiger partial charge >= 0.3 is 0 Å². The fourth-order valence-corrected chi connectivity index (χ4v) is 5.24. The first kappa shape index (κ1) is 27.6. The molecule has 0 spiro atoms. The Balaban J connectivity index is 1.34. The summed E-state index contributed by atoms with van der Waals surface area (Å²) in [6, 6.07) is 9.38. The summed E-state index contributed by atoms with van der Waals surface area (Å²) in [6.07, 6.45) is 7.17. The third kappa shape index (κ3) is 6.78. The van der Waals surface area contributed by atoms with Crippen LogP contribution in [0, 0.1) is 11.6 Å². The Hall–Kier alpha value is -3.96. The number of amides is 2. The zero-order valence-corrected chi connectivity index (χ0v) is 22.2. The Morgan fingerprint density at radius 3 is 2.30 bits per heavy atom. The number of halogens is 2. The number of aromatic nitrogens is 2. The first-order valence-corrected chi connectivity index (χ1v) is 13.6. The number of piperazine rings is 1. The molecule has 0 radical (unpaired) electrons. The van der Waals surface area contributed by atoms with Crippen LogP contribution in [0.15, 0.2) is 54.9 Å². The molecule has 1 aromatic heterocycles. The van der Waals surface area contributed by atoms with Crippen molar-refractivity contribution >= 4 is 23.5 Å². The average molecular weight is 550 g/mol. The van der Waals surface area contributed by atoms with E-state index in [1.807, 2.05) is 6.07 Å². The normalized spacial score (nSPS) is 19.7. The van der Waals surface area contributed by atoms with Gasteiger partial charge in [0.05, 0.1) is 0 Å². The number of benzene rings is 2. The van der Waals surface area contributed by atoms with E-state index in [1.54, 1.807) is 30.6 Å². The Morgan fingerprint density at radius 2 is 1.60 bits per heavy atom. The van der Waals surface area contributed by atoms with Gasteiger partial charge in [-0.25, -0.2) is 18.7 Å². The molecule has 2 aromatic carbocycles. The molecule has 2 unspecified atom stereocenters. The second-order valence-electron chi connectivity index (χ2n) is 10.3. The summed E-state index contributed by atoms with van der Waals surface area (Å²) < 4.78 is 27.6. The maximum absolute atomic E-state index is 13.8. The number of hydrogen-bond acceptors (Lipinski definition) is 7. The van der Waals surface area contributed by atoms with Crippen molar-refractivity contribution in [3.63, 3.8) is 0 Å². The minimum atomic E-state index is -0.845. The van der Waals surface area contributed by atoms with Crippen molar-refractivity contribution in [2.75, 3.05) is 36.4 Å². The molecule has 0 bridgehead atoms. The predicted molar refractivity (Wildman–Crippen MR) is 148 cm³/mol. The zero-order chi connectivity index (χ0) is 28.1. The summed E-state index contributed by atoms with van der Waals surface area (Å²) in [6.45, 7) is 3.45. The van der Waals surface area contributed by atoms with Gasteiger partial charge < -0.3 is 21.3 Å². The number of anilines is 2. The second kappa shape index (κ2) is 12.5. The predicted octanol–water partition coefficient (Wildman–Crippen LogP) is 3.33. The van der Waals surface area contributed by atoms with Crippen molar-refractivity contribution in [2.45, 2.75) is 44.3 Å². The summed E-state index contributed by atoms with van der Waals surface area (Å²) in [7, 11) is 0. The molecule has 11 heteroatoms. The van der Waals surface area contributed by atoms with Gasteiger partial charge in [-0.2, -0.15) is 0 Å². The van der Waals surface area contributed by atoms with E-state index in [4.69, 9.17) is 5.73 Å². The number of nitrogens with two attached hydrogens (primary N) is 1. The molecule has 2 fully saturated rings. The molecule has 1 saturated carbocycles. The molecule has 1 aliphatic heterocycles. The van der Waals surface area contributed by atoms with E-state index in [0.29, 0.717) is 29.8 Å². The molecular formula is C29H33F2N7O2. The van der Waals surface area contributed by atoms with Crippen LogP contribution in [0.2, 0.25) is 0 Å². The van der Waals surface area contributed by atoms with Crippen LogP contribution >= 0.6 is 0 Å². The molecule has 40 heavy (non-hydrogen) atoms. The molecule has 9 nitrogen and oxygen atoms in total. The van der Waals surface area contributed by atoms with Crippen molar-refractivity contribution in [1.29, 1.82) is 0 Å². The lowest BCUT2D eigenvalue weighted by Gasteiger charge is -2.35. The van der Waals surface area contributed by atoms with Gasteiger partial charge in [-0.15, -0.1) is 0 Å². The zero-order valence-electron chi connectivity index (χ0n) is 22.2. The van der Waals surface area contributed by atoms with Gasteiger partial charge in [-0.05, 0) is 48.7 Å². The van der Waals surface area contributed by atoms with Crippen LogP contribution in [0.1, 0.15) is 52.0 Å². The fraction of sp³-hybridized carbons (Fsp3) is 0.379. The highest BCUT2D eigenvalue weighted by Gasteiger charge is 2.25. The maximum Gasteiger partial charge on any atom is 0.255 e. The van der Waals surface area contributed by atoms with Crippen molar-refractivity contribution in [2.24, 2.45) is 5.73 Å². The molecule has 2 atom stereocenters. The van der Waals surface area contributed by atoms with Crippen LogP contribution < -0.4 is 21.3 Å². The van der Waals surface area contributed by atoms with Gasteiger partial charge in [-0.3, -0.25) is 14.5 Å². The largest absolute Gasteiger partial charge is 0.348 e. The lowest BCUT2D eigenvalue weighted by Crippen LogP contribution is -2.49. The lowest BCUT2D eigenvalue weighted by atomic mass is 9.91. The standard InChI is InChI=1S/C29H33F2N7O2/c30-22-14-21(15-23(31)17-22)28(40)36-26-16-19(27(39)35-25-5-2-1-4-24(25)32)6-7-20(26)18-37-10-12-38(13-11-37)29-33-8-3-9-34-29/h3,6-9,14-17,24-25H,1-2,4-5,10-13,18,32H2,(H,35,39)(H,36,40). The van der Waals surface area contributed by atoms with E-state index >= 15 is 0 Å². The van der Waals surface area contributed by atoms with Crippen molar-refractivity contribution < 1.29 is 18.4 Å². The Labute approximate surface area is 231 Å². The summed E-state index contributed by atoms with van der Waals surface area (Å²) in [5.74, 6) is -1.95. The highest BCUT2D eigenvalue weighted by molar-refractivity contribution is 6.05. The van der Waals surface area contributed by atoms with Gasteiger partial charge in [0.2, 0.25) is 5.95 Å². The van der Waals surface area contributed by atoms with Crippen LogP contribution in [0.25, 0.3) is 0 Å². The number of carbonyl (C=O) groups is 2. The number of nitrogens with zero attached hydrogens (tertiary/aromatic N) is 4. The molecule has 5 rings (SSSR count). The summed E-state index contributed by atoms with van der Waals surface area (Å²) in [5, 5.41) is 5.81. The highest BCUT2D eigenvalue weighted by atomic mass is 19.1. The number of hydrogen-bond donors (Lipinski definition) is 3. The second-order valence-corrected chi connectivity index (χ2v) is 10.3. The number of rotatable bonds is 7. The van der Waals surface area contributed by atoms with E-state index in [1.165, 1.54) is 0 Å². The minimum Gasteiger partial charge on any atom is -0.348 e. The molecule has 1 saturated heterocycles. The van der Waals surface area contributed by atoms with E-state index in [-0.39, 0.29) is 23.6 Å². The van der Waals surface area contributed by atoms with Crippen LogP contribution in [0.4, 0.5) is 20.4 Å². The molecule has 3 aromatic rings. The molecule has 4 N–H and O–H groups in total. The third-order valence-electron chi connectivity index (χ3n) is 7.48. The van der Waals surface area contributed by atoms with Crippen LogP contribution in [-0.4, -0.2) is 64.9 Å². The summed E-state index contributed by atoms with van der Waals surface area (Å²) in [5.41, 5.74) is 7.62. The third-order valence-corrected chi connectivity index (χ3v) is 7.48. The van der Waals surface area contributed by atoms with Crippen LogP contribution in [0.5, 0.6) is 0 Å².